The van der Waals surface area contributed by atoms with Crippen molar-refractivity contribution >= 4 is 7.60 Å². The smallest absolute Gasteiger partial charge is 0.304 e. The molecular weight excluding hydrogens is 187 g/mol. The van der Waals surface area contributed by atoms with Crippen molar-refractivity contribution in [1.82, 2.24) is 0 Å². The van der Waals surface area contributed by atoms with Crippen LogP contribution in [0.2, 0.25) is 0 Å². The van der Waals surface area contributed by atoms with Crippen LogP contribution in [0.4, 0.5) is 0 Å². The molecule has 0 bridgehead atoms. The van der Waals surface area contributed by atoms with Crippen LogP contribution in [0.5, 0.6) is 0 Å². The number of rotatable bonds is 8. The molecule has 0 rings (SSSR count). The van der Waals surface area contributed by atoms with E-state index in [-0.39, 0.29) is 13.2 Å². The first-order valence-electron chi connectivity index (χ1n) is 4.28. The van der Waals surface area contributed by atoms with E-state index in [1.54, 1.807) is 12.2 Å². The van der Waals surface area contributed by atoms with Gasteiger partial charge in [0, 0.05) is 6.16 Å². The van der Waals surface area contributed by atoms with E-state index in [1.165, 1.54) is 0 Å². The SMILES string of the molecule is C=CCOP(=O)(CCC)OCC=C. The summed E-state index contributed by atoms with van der Waals surface area (Å²) in [5.41, 5.74) is 0. The third-order valence-corrected chi connectivity index (χ3v) is 3.36. The standard InChI is InChI=1S/C9H17O3P/c1-4-7-11-13(10,9-6-3)12-8-5-2/h4-5H,1-2,6-9H2,3H3. The average Bonchev–Trinajstić information content (AvgIpc) is 2.12. The van der Waals surface area contributed by atoms with Crippen molar-refractivity contribution in [3.05, 3.63) is 25.3 Å². The van der Waals surface area contributed by atoms with Gasteiger partial charge in [-0.2, -0.15) is 0 Å². The zero-order chi connectivity index (χ0) is 10.2. The zero-order valence-corrected chi connectivity index (χ0v) is 8.96. The Bertz CT molecular complexity index is 185. The molecule has 0 atom stereocenters. The van der Waals surface area contributed by atoms with Gasteiger partial charge in [-0.3, -0.25) is 4.57 Å². The first kappa shape index (κ1) is 12.6. The minimum Gasteiger partial charge on any atom is -0.304 e. The van der Waals surface area contributed by atoms with Crippen molar-refractivity contribution in [1.29, 1.82) is 0 Å². The maximum atomic E-state index is 11.8. The Morgan fingerprint density at radius 1 is 1.23 bits per heavy atom. The molecule has 0 aliphatic heterocycles. The van der Waals surface area contributed by atoms with Crippen LogP contribution in [0.1, 0.15) is 13.3 Å². The Morgan fingerprint density at radius 3 is 2.00 bits per heavy atom. The zero-order valence-electron chi connectivity index (χ0n) is 8.07. The van der Waals surface area contributed by atoms with Crippen molar-refractivity contribution < 1.29 is 13.6 Å². The van der Waals surface area contributed by atoms with Crippen LogP contribution < -0.4 is 0 Å². The lowest BCUT2D eigenvalue weighted by Gasteiger charge is -2.15. The molecule has 0 amide bonds. The van der Waals surface area contributed by atoms with Crippen LogP contribution >= 0.6 is 7.60 Å². The molecule has 3 nitrogen and oxygen atoms in total. The third kappa shape index (κ3) is 5.81. The van der Waals surface area contributed by atoms with Gasteiger partial charge in [-0.25, -0.2) is 0 Å². The largest absolute Gasteiger partial charge is 0.331 e. The highest BCUT2D eigenvalue weighted by Gasteiger charge is 2.21. The van der Waals surface area contributed by atoms with Gasteiger partial charge in [-0.05, 0) is 6.42 Å². The van der Waals surface area contributed by atoms with Crippen LogP contribution in [-0.2, 0) is 13.6 Å². The summed E-state index contributed by atoms with van der Waals surface area (Å²) in [6.07, 6.45) is 4.32. The summed E-state index contributed by atoms with van der Waals surface area (Å²) in [6, 6.07) is 0. The van der Waals surface area contributed by atoms with E-state index in [2.05, 4.69) is 13.2 Å². The van der Waals surface area contributed by atoms with Crippen molar-refractivity contribution in [3.63, 3.8) is 0 Å². The average molecular weight is 204 g/mol. The maximum absolute atomic E-state index is 11.8. The van der Waals surface area contributed by atoms with Crippen molar-refractivity contribution in [2.24, 2.45) is 0 Å². The highest BCUT2D eigenvalue weighted by atomic mass is 31.2. The second kappa shape index (κ2) is 7.07. The predicted octanol–water partition coefficient (Wildman–Crippen LogP) is 2.99. The van der Waals surface area contributed by atoms with Crippen LogP contribution in [0.3, 0.4) is 0 Å². The van der Waals surface area contributed by atoms with Gasteiger partial charge >= 0.3 is 7.60 Å². The number of hydrogen-bond donors (Lipinski definition) is 0. The fourth-order valence-electron chi connectivity index (χ4n) is 0.773. The summed E-state index contributed by atoms with van der Waals surface area (Å²) in [5.74, 6) is 0. The normalized spacial score (nSPS) is 11.2. The summed E-state index contributed by atoms with van der Waals surface area (Å²) in [6.45, 7) is 9.41. The monoisotopic (exact) mass is 204 g/mol. The Balaban J connectivity index is 4.06. The van der Waals surface area contributed by atoms with Gasteiger partial charge < -0.3 is 9.05 Å². The van der Waals surface area contributed by atoms with Gasteiger partial charge in [0.15, 0.2) is 0 Å². The van der Waals surface area contributed by atoms with Gasteiger partial charge in [0.1, 0.15) is 0 Å². The summed E-state index contributed by atoms with van der Waals surface area (Å²) < 4.78 is 22.0. The molecule has 0 heterocycles. The van der Waals surface area contributed by atoms with Crippen molar-refractivity contribution in [2.75, 3.05) is 19.4 Å². The minimum atomic E-state index is -2.89. The molecule has 0 radical (unpaired) electrons. The molecule has 4 heteroatoms. The molecule has 0 aromatic rings. The predicted molar refractivity (Wildman–Crippen MR) is 55.1 cm³/mol. The first-order chi connectivity index (χ1) is 6.18. The van der Waals surface area contributed by atoms with Gasteiger partial charge in [-0.1, -0.05) is 19.1 Å². The Hall–Kier alpha value is -0.370. The molecule has 0 aromatic carbocycles. The lowest BCUT2D eigenvalue weighted by atomic mass is 10.6. The third-order valence-electron chi connectivity index (χ3n) is 1.28. The van der Waals surface area contributed by atoms with Gasteiger partial charge in [0.25, 0.3) is 0 Å². The van der Waals surface area contributed by atoms with Crippen LogP contribution in [-0.4, -0.2) is 19.4 Å². The van der Waals surface area contributed by atoms with Gasteiger partial charge in [-0.15, -0.1) is 13.2 Å². The molecule has 0 aliphatic rings. The quantitative estimate of drug-likeness (QED) is 0.450. The first-order valence-corrected chi connectivity index (χ1v) is 6.01. The van der Waals surface area contributed by atoms with E-state index >= 15 is 0 Å². The molecule has 0 saturated carbocycles. The Labute approximate surface area is 80.0 Å². The lowest BCUT2D eigenvalue weighted by Crippen LogP contribution is -1.99. The van der Waals surface area contributed by atoms with Crippen LogP contribution in [0, 0.1) is 0 Å². The molecule has 0 unspecified atom stereocenters. The van der Waals surface area contributed by atoms with E-state index in [0.29, 0.717) is 6.16 Å². The van der Waals surface area contributed by atoms with Crippen molar-refractivity contribution in [3.8, 4) is 0 Å². The lowest BCUT2D eigenvalue weighted by molar-refractivity contribution is 0.237. The maximum Gasteiger partial charge on any atom is 0.331 e. The van der Waals surface area contributed by atoms with Crippen molar-refractivity contribution in [2.45, 2.75) is 13.3 Å². The van der Waals surface area contributed by atoms with E-state index in [9.17, 15) is 4.57 Å². The Kier molecular flexibility index (Phi) is 6.87. The molecule has 76 valence electrons. The topological polar surface area (TPSA) is 35.5 Å². The van der Waals surface area contributed by atoms with Crippen LogP contribution in [0.15, 0.2) is 25.3 Å². The molecule has 0 spiro atoms. The fourth-order valence-corrected chi connectivity index (χ4v) is 2.32. The van der Waals surface area contributed by atoms with Gasteiger partial charge in [0.2, 0.25) is 0 Å². The summed E-state index contributed by atoms with van der Waals surface area (Å²) in [7, 11) is -2.89. The fraction of sp³-hybridized carbons (Fsp3) is 0.556. The molecule has 0 aromatic heterocycles. The number of hydrogen-bond acceptors (Lipinski definition) is 3. The molecule has 0 fully saturated rings. The summed E-state index contributed by atoms with van der Waals surface area (Å²) in [5, 5.41) is 0. The highest BCUT2D eigenvalue weighted by Crippen LogP contribution is 2.48. The molecular formula is C9H17O3P. The molecule has 0 N–H and O–H groups in total. The summed E-state index contributed by atoms with van der Waals surface area (Å²) in [4.78, 5) is 0. The highest BCUT2D eigenvalue weighted by molar-refractivity contribution is 7.53. The van der Waals surface area contributed by atoms with Crippen LogP contribution in [0.25, 0.3) is 0 Å². The van der Waals surface area contributed by atoms with E-state index in [0.717, 1.165) is 6.42 Å². The second-order valence-corrected chi connectivity index (χ2v) is 4.69. The van der Waals surface area contributed by atoms with Gasteiger partial charge in [0.05, 0.1) is 13.2 Å². The Morgan fingerprint density at radius 2 is 1.69 bits per heavy atom. The molecule has 13 heavy (non-hydrogen) atoms. The van der Waals surface area contributed by atoms with E-state index in [1.807, 2.05) is 6.92 Å². The minimum absolute atomic E-state index is 0.258. The molecule has 0 saturated heterocycles. The van der Waals surface area contributed by atoms with E-state index < -0.39 is 7.60 Å². The summed E-state index contributed by atoms with van der Waals surface area (Å²) >= 11 is 0. The van der Waals surface area contributed by atoms with E-state index in [4.69, 9.17) is 9.05 Å². The second-order valence-electron chi connectivity index (χ2n) is 2.50. The molecule has 0 aliphatic carbocycles.